The number of thioether (sulfide) groups is 1. The average molecular weight is 475 g/mol. The molecule has 0 radical (unpaired) electrons. The number of carbonyl (C=O) groups is 1. The van der Waals surface area contributed by atoms with E-state index in [0.717, 1.165) is 28.5 Å². The molecular weight excluding hydrogens is 452 g/mol. The number of para-hydroxylation sites is 1. The maximum absolute atomic E-state index is 13.4. The summed E-state index contributed by atoms with van der Waals surface area (Å²) in [6.45, 7) is 5.70. The lowest BCUT2D eigenvalue weighted by atomic mass is 10.1. The van der Waals surface area contributed by atoms with E-state index in [2.05, 4.69) is 10.3 Å². The van der Waals surface area contributed by atoms with Crippen LogP contribution in [0.5, 0.6) is 0 Å². The van der Waals surface area contributed by atoms with Gasteiger partial charge >= 0.3 is 0 Å². The van der Waals surface area contributed by atoms with Crippen LogP contribution in [0.1, 0.15) is 16.7 Å². The smallest absolute Gasteiger partial charge is 0.293 e. The number of nitro benzene ring substituents is 1. The van der Waals surface area contributed by atoms with Gasteiger partial charge in [-0.1, -0.05) is 36.0 Å². The number of hydrogen-bond donors (Lipinski definition) is 1. The molecule has 0 saturated carbocycles. The Balaban J connectivity index is 1.68. The van der Waals surface area contributed by atoms with Crippen LogP contribution in [-0.4, -0.2) is 26.1 Å². The summed E-state index contributed by atoms with van der Waals surface area (Å²) in [7, 11) is 0. The van der Waals surface area contributed by atoms with Gasteiger partial charge < -0.3 is 5.32 Å². The van der Waals surface area contributed by atoms with Gasteiger partial charge in [0.2, 0.25) is 5.91 Å². The molecule has 0 fully saturated rings. The molecule has 1 N–H and O–H groups in total. The van der Waals surface area contributed by atoms with Crippen LogP contribution in [0.25, 0.3) is 16.6 Å². The first-order valence-electron chi connectivity index (χ1n) is 10.5. The molecule has 0 aliphatic heterocycles. The summed E-state index contributed by atoms with van der Waals surface area (Å²) in [6, 6.07) is 17.4. The van der Waals surface area contributed by atoms with Crippen molar-refractivity contribution in [3.63, 3.8) is 0 Å². The minimum absolute atomic E-state index is 0.0827. The monoisotopic (exact) mass is 474 g/mol. The third kappa shape index (κ3) is 4.69. The van der Waals surface area contributed by atoms with Gasteiger partial charge in [0.05, 0.1) is 27.3 Å². The molecule has 34 heavy (non-hydrogen) atoms. The number of nitro groups is 1. The molecule has 4 aromatic rings. The van der Waals surface area contributed by atoms with Crippen LogP contribution >= 0.6 is 11.8 Å². The van der Waals surface area contributed by atoms with Gasteiger partial charge in [-0.15, -0.1) is 0 Å². The first-order valence-corrected chi connectivity index (χ1v) is 11.5. The Hall–Kier alpha value is -3.98. The highest BCUT2D eigenvalue weighted by Gasteiger charge is 2.18. The fourth-order valence-electron chi connectivity index (χ4n) is 3.52. The topological polar surface area (TPSA) is 107 Å². The van der Waals surface area contributed by atoms with Crippen molar-refractivity contribution in [1.82, 2.24) is 9.55 Å². The van der Waals surface area contributed by atoms with Gasteiger partial charge in [0.25, 0.3) is 11.2 Å². The number of carbonyl (C=O) groups excluding carboxylic acids is 1. The standard InChI is InChI=1S/C25H22N4O4S/c1-15-8-11-21(22(12-15)29(32)33)26-23(30)14-34-25-27-20-7-5-4-6-19(20)24(31)28(25)18-10-9-16(2)17(3)13-18/h4-13H,14H2,1-3H3,(H,26,30). The summed E-state index contributed by atoms with van der Waals surface area (Å²) in [6.07, 6.45) is 0. The van der Waals surface area contributed by atoms with Crippen LogP contribution in [0, 0.1) is 30.9 Å². The van der Waals surface area contributed by atoms with E-state index in [0.29, 0.717) is 21.7 Å². The van der Waals surface area contributed by atoms with Crippen molar-refractivity contribution in [3.8, 4) is 5.69 Å². The van der Waals surface area contributed by atoms with E-state index in [9.17, 15) is 19.7 Å². The molecule has 0 atom stereocenters. The minimum atomic E-state index is -0.530. The van der Waals surface area contributed by atoms with Crippen molar-refractivity contribution in [2.45, 2.75) is 25.9 Å². The molecule has 1 heterocycles. The molecule has 8 nitrogen and oxygen atoms in total. The van der Waals surface area contributed by atoms with Gasteiger partial charge in [-0.05, 0) is 67.8 Å². The number of fused-ring (bicyclic) bond motifs is 1. The van der Waals surface area contributed by atoms with Gasteiger partial charge in [-0.25, -0.2) is 4.98 Å². The summed E-state index contributed by atoms with van der Waals surface area (Å²) in [4.78, 5) is 41.5. The van der Waals surface area contributed by atoms with Gasteiger partial charge in [0.15, 0.2) is 5.16 Å². The summed E-state index contributed by atoms with van der Waals surface area (Å²) in [5, 5.41) is 14.8. The Bertz CT molecular complexity index is 1500. The van der Waals surface area contributed by atoms with E-state index in [-0.39, 0.29) is 22.7 Å². The zero-order chi connectivity index (χ0) is 24.4. The number of nitrogens with one attached hydrogen (secondary N) is 1. The Morgan fingerprint density at radius 3 is 2.56 bits per heavy atom. The molecule has 172 valence electrons. The predicted molar refractivity (Wildman–Crippen MR) is 134 cm³/mol. The number of aromatic nitrogens is 2. The van der Waals surface area contributed by atoms with Gasteiger partial charge in [0.1, 0.15) is 5.69 Å². The van der Waals surface area contributed by atoms with E-state index in [1.165, 1.54) is 16.7 Å². The van der Waals surface area contributed by atoms with Crippen molar-refractivity contribution in [3.05, 3.63) is 97.8 Å². The number of anilines is 1. The molecule has 0 saturated heterocycles. The Morgan fingerprint density at radius 2 is 1.82 bits per heavy atom. The van der Waals surface area contributed by atoms with Crippen molar-refractivity contribution in [2.24, 2.45) is 0 Å². The van der Waals surface area contributed by atoms with Crippen molar-refractivity contribution in [1.29, 1.82) is 0 Å². The first-order chi connectivity index (χ1) is 16.2. The number of amides is 1. The van der Waals surface area contributed by atoms with E-state index >= 15 is 0 Å². The third-order valence-electron chi connectivity index (χ3n) is 5.45. The van der Waals surface area contributed by atoms with Crippen LogP contribution in [0.4, 0.5) is 11.4 Å². The van der Waals surface area contributed by atoms with E-state index in [1.54, 1.807) is 37.3 Å². The maximum Gasteiger partial charge on any atom is 0.293 e. The van der Waals surface area contributed by atoms with Crippen LogP contribution in [-0.2, 0) is 4.79 Å². The molecule has 4 rings (SSSR count). The lowest BCUT2D eigenvalue weighted by molar-refractivity contribution is -0.384. The molecule has 0 aliphatic carbocycles. The lowest BCUT2D eigenvalue weighted by Gasteiger charge is -2.14. The second-order valence-corrected chi connectivity index (χ2v) is 8.88. The highest BCUT2D eigenvalue weighted by molar-refractivity contribution is 7.99. The predicted octanol–water partition coefficient (Wildman–Crippen LogP) is 4.95. The van der Waals surface area contributed by atoms with Gasteiger partial charge in [-0.2, -0.15) is 0 Å². The Kier molecular flexibility index (Phi) is 6.47. The first kappa shape index (κ1) is 23.2. The number of nitrogens with zero attached hydrogens (tertiary/aromatic N) is 3. The zero-order valence-electron chi connectivity index (χ0n) is 18.9. The average Bonchev–Trinajstić information content (AvgIpc) is 2.81. The lowest BCUT2D eigenvalue weighted by Crippen LogP contribution is -2.23. The number of benzene rings is 3. The molecule has 9 heteroatoms. The van der Waals surface area contributed by atoms with E-state index < -0.39 is 10.8 Å². The summed E-state index contributed by atoms with van der Waals surface area (Å²) >= 11 is 1.10. The number of hydrogen-bond acceptors (Lipinski definition) is 6. The molecule has 0 spiro atoms. The summed E-state index contributed by atoms with van der Waals surface area (Å²) < 4.78 is 1.50. The normalized spacial score (nSPS) is 10.9. The van der Waals surface area contributed by atoms with E-state index in [4.69, 9.17) is 0 Å². The summed E-state index contributed by atoms with van der Waals surface area (Å²) in [5.41, 5.74) is 3.75. The van der Waals surface area contributed by atoms with Crippen molar-refractivity contribution < 1.29 is 9.72 Å². The molecule has 3 aromatic carbocycles. The highest BCUT2D eigenvalue weighted by atomic mass is 32.2. The second-order valence-electron chi connectivity index (χ2n) is 7.94. The van der Waals surface area contributed by atoms with Gasteiger partial charge in [-0.3, -0.25) is 24.3 Å². The SMILES string of the molecule is Cc1ccc(NC(=O)CSc2nc3ccccc3c(=O)n2-c2ccc(C)c(C)c2)c([N+](=O)[O-])c1. The second kappa shape index (κ2) is 9.48. The molecule has 0 unspecified atom stereocenters. The largest absolute Gasteiger partial charge is 0.320 e. The molecule has 0 aliphatic rings. The highest BCUT2D eigenvalue weighted by Crippen LogP contribution is 2.27. The maximum atomic E-state index is 13.4. The van der Waals surface area contributed by atoms with Crippen molar-refractivity contribution in [2.75, 3.05) is 11.1 Å². The van der Waals surface area contributed by atoms with Crippen LogP contribution in [0.3, 0.4) is 0 Å². The van der Waals surface area contributed by atoms with Crippen LogP contribution in [0.15, 0.2) is 70.6 Å². The molecule has 0 bridgehead atoms. The van der Waals surface area contributed by atoms with Crippen LogP contribution in [0.2, 0.25) is 0 Å². The molecule has 1 amide bonds. The van der Waals surface area contributed by atoms with Crippen molar-refractivity contribution >= 4 is 39.9 Å². The Morgan fingerprint density at radius 1 is 1.06 bits per heavy atom. The van der Waals surface area contributed by atoms with Crippen LogP contribution < -0.4 is 10.9 Å². The zero-order valence-corrected chi connectivity index (χ0v) is 19.7. The molecule has 1 aromatic heterocycles. The van der Waals surface area contributed by atoms with E-state index in [1.807, 2.05) is 32.0 Å². The quantitative estimate of drug-likeness (QED) is 0.183. The van der Waals surface area contributed by atoms with Gasteiger partial charge in [0, 0.05) is 6.07 Å². The summed E-state index contributed by atoms with van der Waals surface area (Å²) in [5.74, 6) is -0.522. The number of rotatable bonds is 6. The minimum Gasteiger partial charge on any atom is -0.320 e. The fraction of sp³-hybridized carbons (Fsp3) is 0.160. The molecular formula is C25H22N4O4S. The Labute approximate surface area is 199 Å². The number of aryl methyl sites for hydroxylation is 3. The third-order valence-corrected chi connectivity index (χ3v) is 6.39. The fourth-order valence-corrected chi connectivity index (χ4v) is 4.33.